The van der Waals surface area contributed by atoms with Gasteiger partial charge in [-0.25, -0.2) is 0 Å². The topological polar surface area (TPSA) is 78.9 Å². The molecule has 0 aromatic heterocycles. The van der Waals surface area contributed by atoms with E-state index in [1.807, 2.05) is 0 Å². The maximum Gasteiger partial charge on any atom is 0.306 e. The highest BCUT2D eigenvalue weighted by atomic mass is 16.6. The van der Waals surface area contributed by atoms with Crippen LogP contribution in [0.25, 0.3) is 0 Å². The zero-order chi connectivity index (χ0) is 55.7. The normalized spacial score (nSPS) is 12.4. The van der Waals surface area contributed by atoms with Crippen LogP contribution in [0, 0.1) is 0 Å². The lowest BCUT2D eigenvalue weighted by Crippen LogP contribution is -2.30. The van der Waals surface area contributed by atoms with Gasteiger partial charge in [0.15, 0.2) is 6.10 Å². The third-order valence-electron chi connectivity index (χ3n) is 15.0. The van der Waals surface area contributed by atoms with Crippen LogP contribution in [0.15, 0.2) is 60.8 Å². The van der Waals surface area contributed by atoms with Crippen LogP contribution in [0.4, 0.5) is 0 Å². The van der Waals surface area contributed by atoms with Gasteiger partial charge < -0.3 is 14.2 Å². The lowest BCUT2D eigenvalue weighted by Gasteiger charge is -2.18. The summed E-state index contributed by atoms with van der Waals surface area (Å²) in [7, 11) is 0. The van der Waals surface area contributed by atoms with Crippen molar-refractivity contribution in [3.63, 3.8) is 0 Å². The maximum atomic E-state index is 12.9. The number of carbonyl (C=O) groups is 3. The zero-order valence-electron chi connectivity index (χ0n) is 51.5. The molecular formula is C71H128O6. The zero-order valence-corrected chi connectivity index (χ0v) is 51.5. The van der Waals surface area contributed by atoms with Crippen molar-refractivity contribution < 1.29 is 28.6 Å². The van der Waals surface area contributed by atoms with Gasteiger partial charge in [0.05, 0.1) is 0 Å². The number of hydrogen-bond acceptors (Lipinski definition) is 6. The molecule has 0 N–H and O–H groups in total. The molecule has 0 fully saturated rings. The van der Waals surface area contributed by atoms with Gasteiger partial charge >= 0.3 is 17.9 Å². The second-order valence-electron chi connectivity index (χ2n) is 22.7. The molecule has 0 heterocycles. The van der Waals surface area contributed by atoms with E-state index in [2.05, 4.69) is 81.5 Å². The fourth-order valence-corrected chi connectivity index (χ4v) is 9.96. The van der Waals surface area contributed by atoms with Gasteiger partial charge in [0.1, 0.15) is 13.2 Å². The highest BCUT2D eigenvalue weighted by molar-refractivity contribution is 5.71. The quantitative estimate of drug-likeness (QED) is 0.0261. The Kier molecular flexibility index (Phi) is 63.2. The lowest BCUT2D eigenvalue weighted by molar-refractivity contribution is -0.167. The summed E-state index contributed by atoms with van der Waals surface area (Å²) in [6.07, 6.45) is 83.8. The van der Waals surface area contributed by atoms with E-state index in [0.29, 0.717) is 19.3 Å². The van der Waals surface area contributed by atoms with E-state index in [1.165, 1.54) is 218 Å². The molecule has 0 rings (SSSR count). The Bertz CT molecular complexity index is 1380. The number of ether oxygens (including phenoxy) is 3. The Labute approximate surface area is 479 Å². The van der Waals surface area contributed by atoms with Crippen molar-refractivity contribution in [2.24, 2.45) is 0 Å². The molecule has 0 spiro atoms. The van der Waals surface area contributed by atoms with Gasteiger partial charge in [-0.15, -0.1) is 0 Å². The maximum absolute atomic E-state index is 12.9. The van der Waals surface area contributed by atoms with E-state index in [0.717, 1.165) is 96.3 Å². The first kappa shape index (κ1) is 74.1. The highest BCUT2D eigenvalue weighted by Crippen LogP contribution is 2.18. The Morgan fingerprint density at radius 2 is 0.506 bits per heavy atom. The number of unbranched alkanes of at least 4 members (excludes halogenated alkanes) is 41. The van der Waals surface area contributed by atoms with Crippen molar-refractivity contribution in [2.45, 2.75) is 361 Å². The van der Waals surface area contributed by atoms with Crippen molar-refractivity contribution in [3.8, 4) is 0 Å². The molecule has 1 atom stereocenters. The molecule has 0 saturated carbocycles. The highest BCUT2D eigenvalue weighted by Gasteiger charge is 2.19. The summed E-state index contributed by atoms with van der Waals surface area (Å²) in [4.78, 5) is 38.4. The van der Waals surface area contributed by atoms with Crippen molar-refractivity contribution in [1.29, 1.82) is 0 Å². The molecular weight excluding hydrogens is 949 g/mol. The first-order valence-corrected chi connectivity index (χ1v) is 33.8. The van der Waals surface area contributed by atoms with Gasteiger partial charge in [0.25, 0.3) is 0 Å². The molecule has 0 aliphatic carbocycles. The Balaban J connectivity index is 4.30. The summed E-state index contributed by atoms with van der Waals surface area (Å²) in [5.74, 6) is -0.868. The predicted octanol–water partition coefficient (Wildman–Crippen LogP) is 23.1. The summed E-state index contributed by atoms with van der Waals surface area (Å²) < 4.78 is 17.0. The van der Waals surface area contributed by atoms with Crippen LogP contribution in [-0.2, 0) is 28.6 Å². The molecule has 77 heavy (non-hydrogen) atoms. The van der Waals surface area contributed by atoms with Crippen molar-refractivity contribution in [1.82, 2.24) is 0 Å². The third-order valence-corrected chi connectivity index (χ3v) is 15.0. The summed E-state index contributed by atoms with van der Waals surface area (Å²) in [5.41, 5.74) is 0. The minimum absolute atomic E-state index is 0.0762. The fraction of sp³-hybridized carbons (Fsp3) is 0.817. The van der Waals surface area contributed by atoms with Gasteiger partial charge in [-0.1, -0.05) is 313 Å². The molecule has 6 nitrogen and oxygen atoms in total. The molecule has 0 amide bonds. The van der Waals surface area contributed by atoms with E-state index >= 15 is 0 Å². The molecule has 1 unspecified atom stereocenters. The van der Waals surface area contributed by atoms with Crippen LogP contribution in [0.1, 0.15) is 355 Å². The molecule has 448 valence electrons. The van der Waals surface area contributed by atoms with Crippen molar-refractivity contribution >= 4 is 17.9 Å². The summed E-state index contributed by atoms with van der Waals surface area (Å²) in [6, 6.07) is 0. The number of allylic oxidation sites excluding steroid dienone is 10. The van der Waals surface area contributed by atoms with Gasteiger partial charge in [-0.3, -0.25) is 14.4 Å². The standard InChI is InChI=1S/C71H128O6/c1-4-7-10-13-16-19-22-25-28-30-32-33-34-35-36-37-39-40-43-46-49-52-55-58-61-64-70(73)76-67-68(66-75-69(72)63-60-57-54-51-48-45-42-27-24-21-18-15-12-9-6-3)77-71(74)65-62-59-56-53-50-47-44-41-38-31-29-26-23-20-17-14-11-8-5-2/h8,11,17,20,26,29-30,32,38,41,68H,4-7,9-10,12-16,18-19,21-25,27-28,31,33-37,39-40,42-67H2,1-3H3/b11-8-,20-17-,29-26-,32-30-,41-38-. The Morgan fingerprint density at radius 3 is 0.805 bits per heavy atom. The molecule has 0 aromatic carbocycles. The molecule has 0 radical (unpaired) electrons. The second kappa shape index (κ2) is 65.6. The van der Waals surface area contributed by atoms with Crippen LogP contribution in [-0.4, -0.2) is 37.2 Å². The first-order valence-electron chi connectivity index (χ1n) is 33.8. The summed E-state index contributed by atoms with van der Waals surface area (Å²) in [5, 5.41) is 0. The number of esters is 3. The van der Waals surface area contributed by atoms with Crippen LogP contribution in [0.5, 0.6) is 0 Å². The van der Waals surface area contributed by atoms with Crippen molar-refractivity contribution in [2.75, 3.05) is 13.2 Å². The fourth-order valence-electron chi connectivity index (χ4n) is 9.96. The predicted molar refractivity (Wildman–Crippen MR) is 335 cm³/mol. The molecule has 0 aliphatic rings. The number of rotatable bonds is 62. The SMILES string of the molecule is CC/C=C\C/C=C\C/C=C\C/C=C\CCCCCCCCC(=O)OC(COC(=O)CCCCCCCCCCCCCCC/C=C\CCCCCCCCCC)COC(=O)CCCCCCCCCCCCCCCCC. The van der Waals surface area contributed by atoms with E-state index in [4.69, 9.17) is 14.2 Å². The van der Waals surface area contributed by atoms with Crippen molar-refractivity contribution in [3.05, 3.63) is 60.8 Å². The first-order chi connectivity index (χ1) is 38.0. The average molecular weight is 1080 g/mol. The summed E-state index contributed by atoms with van der Waals surface area (Å²) >= 11 is 0. The van der Waals surface area contributed by atoms with Gasteiger partial charge in [-0.05, 0) is 83.5 Å². The van der Waals surface area contributed by atoms with Crippen LogP contribution >= 0.6 is 0 Å². The second-order valence-corrected chi connectivity index (χ2v) is 22.7. The van der Waals surface area contributed by atoms with Gasteiger partial charge in [0.2, 0.25) is 0 Å². The lowest BCUT2D eigenvalue weighted by atomic mass is 10.0. The summed E-state index contributed by atoms with van der Waals surface area (Å²) in [6.45, 7) is 6.57. The van der Waals surface area contributed by atoms with E-state index in [9.17, 15) is 14.4 Å². The number of carbonyl (C=O) groups excluding carboxylic acids is 3. The van der Waals surface area contributed by atoms with Crippen LogP contribution in [0.3, 0.4) is 0 Å². The Morgan fingerprint density at radius 1 is 0.273 bits per heavy atom. The smallest absolute Gasteiger partial charge is 0.306 e. The Hall–Kier alpha value is -2.89. The van der Waals surface area contributed by atoms with Gasteiger partial charge in [0, 0.05) is 19.3 Å². The molecule has 0 aromatic rings. The van der Waals surface area contributed by atoms with Crippen LogP contribution < -0.4 is 0 Å². The molecule has 6 heteroatoms. The van der Waals surface area contributed by atoms with Gasteiger partial charge in [-0.2, -0.15) is 0 Å². The largest absolute Gasteiger partial charge is 0.462 e. The minimum atomic E-state index is -0.781. The monoisotopic (exact) mass is 1080 g/mol. The average Bonchev–Trinajstić information content (AvgIpc) is 3.43. The molecule has 0 bridgehead atoms. The van der Waals surface area contributed by atoms with E-state index in [1.54, 1.807) is 0 Å². The number of hydrogen-bond donors (Lipinski definition) is 0. The third kappa shape index (κ3) is 63.8. The van der Waals surface area contributed by atoms with E-state index < -0.39 is 6.10 Å². The van der Waals surface area contributed by atoms with Crippen LogP contribution in [0.2, 0.25) is 0 Å². The minimum Gasteiger partial charge on any atom is -0.462 e. The van der Waals surface area contributed by atoms with E-state index in [-0.39, 0.29) is 31.1 Å². The molecule has 0 aliphatic heterocycles. The molecule has 0 saturated heterocycles.